The van der Waals surface area contributed by atoms with Gasteiger partial charge in [0.05, 0.1) is 11.6 Å². The zero-order valence-electron chi connectivity index (χ0n) is 11.0. The van der Waals surface area contributed by atoms with Crippen LogP contribution in [-0.2, 0) is 9.59 Å². The molecule has 1 heterocycles. The molecule has 1 aliphatic rings. The van der Waals surface area contributed by atoms with Gasteiger partial charge in [-0.05, 0) is 26.0 Å². The number of halogens is 1. The van der Waals surface area contributed by atoms with Crippen LogP contribution in [-0.4, -0.2) is 24.4 Å². The van der Waals surface area contributed by atoms with Crippen LogP contribution in [0.4, 0.5) is 10.1 Å². The number of nitrogens with one attached hydrogen (secondary N) is 1. The number of nitrogens with zero attached hydrogens (tertiary/aromatic N) is 1. The molecule has 1 atom stereocenters. The average Bonchev–Trinajstić information content (AvgIpc) is 2.71. The van der Waals surface area contributed by atoms with E-state index in [4.69, 9.17) is 0 Å². The summed E-state index contributed by atoms with van der Waals surface area (Å²) in [5.74, 6) is -1.22. The molecule has 2 rings (SSSR count). The lowest BCUT2D eigenvalue weighted by Crippen LogP contribution is -2.37. The second kappa shape index (κ2) is 5.38. The van der Waals surface area contributed by atoms with Crippen LogP contribution in [0.15, 0.2) is 24.3 Å². The van der Waals surface area contributed by atoms with Gasteiger partial charge in [-0.2, -0.15) is 0 Å². The van der Waals surface area contributed by atoms with Crippen molar-refractivity contribution >= 4 is 17.5 Å². The third-order valence-corrected chi connectivity index (χ3v) is 3.07. The van der Waals surface area contributed by atoms with E-state index in [2.05, 4.69) is 5.32 Å². The van der Waals surface area contributed by atoms with E-state index >= 15 is 0 Å². The van der Waals surface area contributed by atoms with Crippen LogP contribution >= 0.6 is 0 Å². The molecular formula is C14H17FN2O2. The topological polar surface area (TPSA) is 49.4 Å². The van der Waals surface area contributed by atoms with Gasteiger partial charge in [-0.15, -0.1) is 0 Å². The molecule has 1 fully saturated rings. The Hall–Kier alpha value is -1.91. The van der Waals surface area contributed by atoms with Gasteiger partial charge in [-0.25, -0.2) is 4.39 Å². The molecule has 0 spiro atoms. The maximum Gasteiger partial charge on any atom is 0.227 e. The summed E-state index contributed by atoms with van der Waals surface area (Å²) in [6, 6.07) is 6.14. The van der Waals surface area contributed by atoms with Gasteiger partial charge in [0, 0.05) is 19.0 Å². The summed E-state index contributed by atoms with van der Waals surface area (Å²) >= 11 is 0. The molecule has 0 radical (unpaired) electrons. The second-order valence-corrected chi connectivity index (χ2v) is 5.02. The first kappa shape index (κ1) is 13.5. The minimum absolute atomic E-state index is 0.0325. The average molecular weight is 264 g/mol. The number of rotatable bonds is 3. The Morgan fingerprint density at radius 2 is 2.11 bits per heavy atom. The molecule has 0 aromatic heterocycles. The van der Waals surface area contributed by atoms with Crippen LogP contribution in [0.1, 0.15) is 20.3 Å². The van der Waals surface area contributed by atoms with Crippen LogP contribution in [0.3, 0.4) is 0 Å². The lowest BCUT2D eigenvalue weighted by Gasteiger charge is -2.17. The molecule has 0 bridgehead atoms. The fourth-order valence-electron chi connectivity index (χ4n) is 2.19. The number of carbonyl (C=O) groups is 2. The summed E-state index contributed by atoms with van der Waals surface area (Å²) in [7, 11) is 0. The van der Waals surface area contributed by atoms with Gasteiger partial charge in [-0.1, -0.05) is 12.1 Å². The number of para-hydroxylation sites is 1. The van der Waals surface area contributed by atoms with E-state index in [0.717, 1.165) is 0 Å². The Morgan fingerprint density at radius 3 is 2.74 bits per heavy atom. The molecular weight excluding hydrogens is 247 g/mol. The number of benzene rings is 1. The highest BCUT2D eigenvalue weighted by Crippen LogP contribution is 2.27. The number of carbonyl (C=O) groups excluding carboxylic acids is 2. The molecule has 0 unspecified atom stereocenters. The zero-order valence-corrected chi connectivity index (χ0v) is 11.0. The highest BCUT2D eigenvalue weighted by Gasteiger charge is 2.36. The third kappa shape index (κ3) is 2.92. The highest BCUT2D eigenvalue weighted by atomic mass is 19.1. The molecule has 0 aliphatic carbocycles. The summed E-state index contributed by atoms with van der Waals surface area (Å²) in [4.78, 5) is 25.1. The van der Waals surface area contributed by atoms with E-state index in [1.165, 1.54) is 11.0 Å². The quantitative estimate of drug-likeness (QED) is 0.903. The van der Waals surface area contributed by atoms with E-state index in [-0.39, 0.29) is 36.5 Å². The molecule has 4 nitrogen and oxygen atoms in total. The highest BCUT2D eigenvalue weighted by molar-refractivity contribution is 6.00. The third-order valence-electron chi connectivity index (χ3n) is 3.07. The normalized spacial score (nSPS) is 19.1. The molecule has 1 N–H and O–H groups in total. The van der Waals surface area contributed by atoms with Crippen LogP contribution in [0.25, 0.3) is 0 Å². The van der Waals surface area contributed by atoms with Crippen molar-refractivity contribution in [2.75, 3.05) is 11.4 Å². The molecule has 19 heavy (non-hydrogen) atoms. The van der Waals surface area contributed by atoms with Gasteiger partial charge in [0.1, 0.15) is 5.82 Å². The molecule has 102 valence electrons. The fourth-order valence-corrected chi connectivity index (χ4v) is 2.19. The predicted octanol–water partition coefficient (Wildman–Crippen LogP) is 1.70. The van der Waals surface area contributed by atoms with Crippen LogP contribution in [0, 0.1) is 11.7 Å². The summed E-state index contributed by atoms with van der Waals surface area (Å²) in [5, 5.41) is 2.78. The predicted molar refractivity (Wildman–Crippen MR) is 70.1 cm³/mol. The smallest absolute Gasteiger partial charge is 0.227 e. The Bertz CT molecular complexity index is 502. The largest absolute Gasteiger partial charge is 0.354 e. The van der Waals surface area contributed by atoms with Crippen LogP contribution in [0.2, 0.25) is 0 Å². The van der Waals surface area contributed by atoms with E-state index in [1.807, 2.05) is 13.8 Å². The van der Waals surface area contributed by atoms with Crippen molar-refractivity contribution in [3.05, 3.63) is 30.1 Å². The maximum absolute atomic E-state index is 13.7. The Balaban J connectivity index is 2.12. The van der Waals surface area contributed by atoms with Crippen molar-refractivity contribution in [3.63, 3.8) is 0 Å². The standard InChI is InChI=1S/C14H17FN2O2/c1-9(2)16-14(19)10-7-13(18)17(8-10)12-6-4-3-5-11(12)15/h3-6,9-10H,7-8H2,1-2H3,(H,16,19)/t10-/m1/s1. The minimum Gasteiger partial charge on any atom is -0.354 e. The Morgan fingerprint density at radius 1 is 1.42 bits per heavy atom. The van der Waals surface area contributed by atoms with Crippen molar-refractivity contribution < 1.29 is 14.0 Å². The number of hydrogen-bond acceptors (Lipinski definition) is 2. The van der Waals surface area contributed by atoms with Gasteiger partial charge < -0.3 is 10.2 Å². The molecule has 1 saturated heterocycles. The SMILES string of the molecule is CC(C)NC(=O)[C@@H]1CC(=O)N(c2ccccc2F)C1. The first-order valence-electron chi connectivity index (χ1n) is 6.34. The van der Waals surface area contributed by atoms with Crippen molar-refractivity contribution in [3.8, 4) is 0 Å². The minimum atomic E-state index is -0.444. The Kier molecular flexibility index (Phi) is 3.83. The molecule has 2 amide bonds. The molecule has 1 aromatic carbocycles. The van der Waals surface area contributed by atoms with Gasteiger partial charge in [-0.3, -0.25) is 9.59 Å². The summed E-state index contributed by atoms with van der Waals surface area (Å²) in [6.45, 7) is 3.96. The van der Waals surface area contributed by atoms with E-state index in [1.54, 1.807) is 18.2 Å². The van der Waals surface area contributed by atoms with Crippen LogP contribution < -0.4 is 10.2 Å². The zero-order chi connectivity index (χ0) is 14.0. The van der Waals surface area contributed by atoms with E-state index < -0.39 is 11.7 Å². The van der Waals surface area contributed by atoms with E-state index in [0.29, 0.717) is 0 Å². The number of anilines is 1. The van der Waals surface area contributed by atoms with Gasteiger partial charge in [0.2, 0.25) is 11.8 Å². The van der Waals surface area contributed by atoms with Crippen molar-refractivity contribution in [2.45, 2.75) is 26.3 Å². The molecule has 1 aromatic rings. The van der Waals surface area contributed by atoms with E-state index in [9.17, 15) is 14.0 Å². The van der Waals surface area contributed by atoms with Crippen LogP contribution in [0.5, 0.6) is 0 Å². The van der Waals surface area contributed by atoms with Crippen molar-refractivity contribution in [1.29, 1.82) is 0 Å². The summed E-state index contributed by atoms with van der Waals surface area (Å²) < 4.78 is 13.7. The number of amides is 2. The lowest BCUT2D eigenvalue weighted by atomic mass is 10.1. The number of hydrogen-bond donors (Lipinski definition) is 1. The van der Waals surface area contributed by atoms with Crippen molar-refractivity contribution in [1.82, 2.24) is 5.32 Å². The second-order valence-electron chi connectivity index (χ2n) is 5.02. The molecule has 5 heteroatoms. The van der Waals surface area contributed by atoms with Gasteiger partial charge in [0.25, 0.3) is 0 Å². The lowest BCUT2D eigenvalue weighted by molar-refractivity contribution is -0.126. The Labute approximate surface area is 111 Å². The monoisotopic (exact) mass is 264 g/mol. The first-order chi connectivity index (χ1) is 8.99. The summed E-state index contributed by atoms with van der Waals surface area (Å²) in [6.07, 6.45) is 0.132. The first-order valence-corrected chi connectivity index (χ1v) is 6.34. The maximum atomic E-state index is 13.7. The van der Waals surface area contributed by atoms with Gasteiger partial charge >= 0.3 is 0 Å². The molecule has 1 aliphatic heterocycles. The van der Waals surface area contributed by atoms with Gasteiger partial charge in [0.15, 0.2) is 0 Å². The summed E-state index contributed by atoms with van der Waals surface area (Å²) in [5.41, 5.74) is 0.243. The van der Waals surface area contributed by atoms with Crippen molar-refractivity contribution in [2.24, 2.45) is 5.92 Å². The molecule has 0 saturated carbocycles. The fraction of sp³-hybridized carbons (Fsp3) is 0.429.